The molecule has 0 saturated carbocycles. The van der Waals surface area contributed by atoms with E-state index in [4.69, 9.17) is 5.11 Å². The van der Waals surface area contributed by atoms with Crippen LogP contribution in [0.5, 0.6) is 0 Å². The highest BCUT2D eigenvalue weighted by molar-refractivity contribution is 8.00. The fourth-order valence-corrected chi connectivity index (χ4v) is 4.67. The Kier molecular flexibility index (Phi) is 8.51. The summed E-state index contributed by atoms with van der Waals surface area (Å²) >= 11 is 1.34. The Morgan fingerprint density at radius 3 is 2.70 bits per heavy atom. The number of aryl methyl sites for hydroxylation is 1. The molecule has 0 unspecified atom stereocenters. The molecule has 1 aromatic carbocycles. The maximum absolute atomic E-state index is 12.5. The molecule has 0 spiro atoms. The number of nitrogens with one attached hydrogen (secondary N) is 1. The SMILES string of the molecule is CCCCc1ccc(NC(=O)CSc2nc(=O)n(CCCO)c3c2CCCC3)cc1. The van der Waals surface area contributed by atoms with Gasteiger partial charge in [-0.25, -0.2) is 4.79 Å². The first kappa shape index (κ1) is 22.6. The van der Waals surface area contributed by atoms with E-state index < -0.39 is 0 Å². The molecule has 0 aliphatic heterocycles. The first-order valence-electron chi connectivity index (χ1n) is 10.9. The number of hydrogen-bond acceptors (Lipinski definition) is 5. The van der Waals surface area contributed by atoms with Gasteiger partial charge in [0.25, 0.3) is 0 Å². The third-order valence-electron chi connectivity index (χ3n) is 5.39. The van der Waals surface area contributed by atoms with E-state index in [2.05, 4.69) is 29.4 Å². The molecule has 1 aliphatic carbocycles. The summed E-state index contributed by atoms with van der Waals surface area (Å²) in [5.41, 5.74) is 3.91. The minimum absolute atomic E-state index is 0.0530. The Labute approximate surface area is 182 Å². The number of benzene rings is 1. The van der Waals surface area contributed by atoms with Crippen LogP contribution in [0.15, 0.2) is 34.1 Å². The van der Waals surface area contributed by atoms with Crippen LogP contribution < -0.4 is 11.0 Å². The van der Waals surface area contributed by atoms with Crippen molar-refractivity contribution < 1.29 is 9.90 Å². The van der Waals surface area contributed by atoms with Crippen molar-refractivity contribution >= 4 is 23.4 Å². The van der Waals surface area contributed by atoms with Crippen molar-refractivity contribution in [2.45, 2.75) is 69.9 Å². The smallest absolute Gasteiger partial charge is 0.348 e. The van der Waals surface area contributed by atoms with Gasteiger partial charge in [0.1, 0.15) is 5.03 Å². The van der Waals surface area contributed by atoms with E-state index in [0.717, 1.165) is 49.0 Å². The average Bonchev–Trinajstić information content (AvgIpc) is 2.76. The number of aliphatic hydroxyl groups excluding tert-OH is 1. The number of carbonyl (C=O) groups excluding carboxylic acids is 1. The summed E-state index contributed by atoms with van der Waals surface area (Å²) in [5, 5.41) is 12.7. The Balaban J connectivity index is 1.64. The van der Waals surface area contributed by atoms with Crippen molar-refractivity contribution in [1.29, 1.82) is 0 Å². The highest BCUT2D eigenvalue weighted by atomic mass is 32.2. The van der Waals surface area contributed by atoms with Crippen molar-refractivity contribution in [3.05, 3.63) is 51.6 Å². The van der Waals surface area contributed by atoms with Crippen LogP contribution in [-0.4, -0.2) is 32.9 Å². The number of carbonyl (C=O) groups is 1. The van der Waals surface area contributed by atoms with Crippen LogP contribution in [0.4, 0.5) is 5.69 Å². The molecule has 1 heterocycles. The molecule has 30 heavy (non-hydrogen) atoms. The van der Waals surface area contributed by atoms with Crippen LogP contribution in [0.25, 0.3) is 0 Å². The van der Waals surface area contributed by atoms with Crippen LogP contribution in [0, 0.1) is 0 Å². The molecule has 1 aliphatic rings. The van der Waals surface area contributed by atoms with E-state index in [0.29, 0.717) is 18.0 Å². The molecule has 7 heteroatoms. The lowest BCUT2D eigenvalue weighted by Crippen LogP contribution is -2.30. The Morgan fingerprint density at radius 1 is 1.20 bits per heavy atom. The molecular formula is C23H31N3O3S. The lowest BCUT2D eigenvalue weighted by Gasteiger charge is -2.22. The monoisotopic (exact) mass is 429 g/mol. The summed E-state index contributed by atoms with van der Waals surface area (Å²) < 4.78 is 1.70. The highest BCUT2D eigenvalue weighted by Gasteiger charge is 2.21. The normalized spacial score (nSPS) is 13.1. The molecule has 162 valence electrons. The summed E-state index contributed by atoms with van der Waals surface area (Å²) in [7, 11) is 0. The largest absolute Gasteiger partial charge is 0.396 e. The topological polar surface area (TPSA) is 84.2 Å². The lowest BCUT2D eigenvalue weighted by atomic mass is 9.97. The number of anilines is 1. The average molecular weight is 430 g/mol. The van der Waals surface area contributed by atoms with Gasteiger partial charge in [0.05, 0.1) is 5.75 Å². The van der Waals surface area contributed by atoms with E-state index in [1.807, 2.05) is 12.1 Å². The summed E-state index contributed by atoms with van der Waals surface area (Å²) in [6.45, 7) is 2.72. The van der Waals surface area contributed by atoms with Gasteiger partial charge in [0.2, 0.25) is 5.91 Å². The molecule has 6 nitrogen and oxygen atoms in total. The van der Waals surface area contributed by atoms with Gasteiger partial charge in [-0.3, -0.25) is 9.36 Å². The summed E-state index contributed by atoms with van der Waals surface area (Å²) in [5.74, 6) is 0.119. The minimum atomic E-state index is -0.283. The van der Waals surface area contributed by atoms with Crippen LogP contribution >= 0.6 is 11.8 Å². The fraction of sp³-hybridized carbons (Fsp3) is 0.522. The molecule has 3 rings (SSSR count). The maximum Gasteiger partial charge on any atom is 0.348 e. The zero-order chi connectivity index (χ0) is 21.3. The van der Waals surface area contributed by atoms with Crippen molar-refractivity contribution in [2.24, 2.45) is 0 Å². The zero-order valence-electron chi connectivity index (χ0n) is 17.7. The number of aliphatic hydroxyl groups is 1. The second-order valence-electron chi connectivity index (χ2n) is 7.70. The van der Waals surface area contributed by atoms with E-state index >= 15 is 0 Å². The summed E-state index contributed by atoms with van der Waals surface area (Å²) in [4.78, 5) is 29.2. The first-order chi connectivity index (χ1) is 14.6. The number of nitrogens with zero attached hydrogens (tertiary/aromatic N) is 2. The molecule has 2 N–H and O–H groups in total. The fourth-order valence-electron chi connectivity index (χ4n) is 3.79. The van der Waals surface area contributed by atoms with Gasteiger partial charge in [-0.15, -0.1) is 0 Å². The van der Waals surface area contributed by atoms with Crippen LogP contribution in [0.3, 0.4) is 0 Å². The number of thioether (sulfide) groups is 1. The number of aromatic nitrogens is 2. The third kappa shape index (κ3) is 5.95. The Bertz CT molecular complexity index is 909. The quantitative estimate of drug-likeness (QED) is 0.445. The van der Waals surface area contributed by atoms with Gasteiger partial charge in [-0.05, 0) is 62.6 Å². The van der Waals surface area contributed by atoms with Crippen molar-refractivity contribution in [1.82, 2.24) is 9.55 Å². The third-order valence-corrected chi connectivity index (χ3v) is 6.40. The lowest BCUT2D eigenvalue weighted by molar-refractivity contribution is -0.113. The van der Waals surface area contributed by atoms with E-state index in [1.165, 1.54) is 30.2 Å². The van der Waals surface area contributed by atoms with Gasteiger partial charge in [0.15, 0.2) is 0 Å². The van der Waals surface area contributed by atoms with E-state index in [1.54, 1.807) is 4.57 Å². The number of fused-ring (bicyclic) bond motifs is 1. The number of hydrogen-bond donors (Lipinski definition) is 2. The Morgan fingerprint density at radius 2 is 1.97 bits per heavy atom. The zero-order valence-corrected chi connectivity index (χ0v) is 18.5. The van der Waals surface area contributed by atoms with Gasteiger partial charge in [0, 0.05) is 30.1 Å². The number of rotatable bonds is 10. The molecular weight excluding hydrogens is 398 g/mol. The molecule has 0 radical (unpaired) electrons. The van der Waals surface area contributed by atoms with Crippen LogP contribution in [0.1, 0.15) is 55.8 Å². The molecule has 1 amide bonds. The van der Waals surface area contributed by atoms with Crippen LogP contribution in [-0.2, 0) is 30.6 Å². The van der Waals surface area contributed by atoms with Crippen molar-refractivity contribution in [2.75, 3.05) is 17.7 Å². The highest BCUT2D eigenvalue weighted by Crippen LogP contribution is 2.28. The molecule has 0 saturated heterocycles. The second-order valence-corrected chi connectivity index (χ2v) is 8.66. The second kappa shape index (κ2) is 11.3. The molecule has 0 atom stereocenters. The van der Waals surface area contributed by atoms with Crippen molar-refractivity contribution in [3.8, 4) is 0 Å². The molecule has 1 aromatic heterocycles. The van der Waals surface area contributed by atoms with E-state index in [9.17, 15) is 9.59 Å². The van der Waals surface area contributed by atoms with Gasteiger partial charge in [-0.1, -0.05) is 37.2 Å². The predicted molar refractivity (Wildman–Crippen MR) is 121 cm³/mol. The predicted octanol–water partition coefficient (Wildman–Crippen LogP) is 3.58. The van der Waals surface area contributed by atoms with Gasteiger partial charge >= 0.3 is 5.69 Å². The van der Waals surface area contributed by atoms with Crippen LogP contribution in [0.2, 0.25) is 0 Å². The summed E-state index contributed by atoms with van der Waals surface area (Å²) in [6, 6.07) is 8.00. The molecule has 0 bridgehead atoms. The number of unbranched alkanes of at least 4 members (excludes halogenated alkanes) is 1. The standard InChI is InChI=1S/C23H31N3O3S/c1-2-3-7-17-10-12-18(13-11-17)24-21(28)16-30-22-19-8-4-5-9-20(19)26(14-6-15-27)23(29)25-22/h10-13,27H,2-9,14-16H2,1H3,(H,24,28). The summed E-state index contributed by atoms with van der Waals surface area (Å²) in [6.07, 6.45) is 7.78. The molecule has 0 fully saturated rings. The Hall–Kier alpha value is -2.12. The van der Waals surface area contributed by atoms with Gasteiger partial charge in [-0.2, -0.15) is 4.98 Å². The van der Waals surface area contributed by atoms with E-state index in [-0.39, 0.29) is 24.0 Å². The first-order valence-corrected chi connectivity index (χ1v) is 11.9. The minimum Gasteiger partial charge on any atom is -0.396 e. The molecule has 2 aromatic rings. The maximum atomic E-state index is 12.5. The number of amides is 1. The van der Waals surface area contributed by atoms with Gasteiger partial charge < -0.3 is 10.4 Å². The van der Waals surface area contributed by atoms with Crippen molar-refractivity contribution in [3.63, 3.8) is 0 Å².